The van der Waals surface area contributed by atoms with Gasteiger partial charge in [-0.3, -0.25) is 4.72 Å². The molecule has 0 radical (unpaired) electrons. The molecule has 4 rings (SSSR count). The summed E-state index contributed by atoms with van der Waals surface area (Å²) in [6, 6.07) is 24.9. The Balaban J connectivity index is 1.30. The van der Waals surface area contributed by atoms with Crippen LogP contribution in [0.15, 0.2) is 91.0 Å². The number of benzene rings is 4. The number of hydrogen-bond donors (Lipinski definition) is 5. The van der Waals surface area contributed by atoms with Gasteiger partial charge in [-0.2, -0.15) is 0 Å². The van der Waals surface area contributed by atoms with Crippen molar-refractivity contribution in [1.29, 1.82) is 0 Å². The maximum atomic E-state index is 11.9. The van der Waals surface area contributed by atoms with Gasteiger partial charge in [-0.25, -0.2) is 18.0 Å². The minimum atomic E-state index is -3.60. The predicted octanol–water partition coefficient (Wildman–Crippen LogP) is 4.40. The quantitative estimate of drug-likeness (QED) is 0.120. The van der Waals surface area contributed by atoms with E-state index in [1.165, 1.54) is 18.2 Å². The van der Waals surface area contributed by atoms with Crippen LogP contribution in [-0.4, -0.2) is 61.6 Å². The maximum absolute atomic E-state index is 11.9. The lowest BCUT2D eigenvalue weighted by Crippen LogP contribution is -2.26. The molecule has 0 aromatic heterocycles. The summed E-state index contributed by atoms with van der Waals surface area (Å²) < 4.78 is 37.9. The lowest BCUT2D eigenvalue weighted by atomic mass is 9.97. The Bertz CT molecular complexity index is 1710. The van der Waals surface area contributed by atoms with Crippen molar-refractivity contribution in [2.24, 2.45) is 0 Å². The number of aromatic carboxylic acids is 2. The molecule has 230 valence electrons. The second kappa shape index (κ2) is 14.5. The lowest BCUT2D eigenvalue weighted by molar-refractivity contribution is 0.0696. The fourth-order valence-corrected chi connectivity index (χ4v) is 4.89. The van der Waals surface area contributed by atoms with Gasteiger partial charge in [-0.05, 0) is 58.7 Å². The van der Waals surface area contributed by atoms with Gasteiger partial charge in [0.05, 0.1) is 29.2 Å². The van der Waals surface area contributed by atoms with Gasteiger partial charge in [-0.15, -0.1) is 0 Å². The van der Waals surface area contributed by atoms with Crippen molar-refractivity contribution < 1.29 is 42.8 Å². The number of hydrogen-bond acceptors (Lipinski definition) is 8. The number of rotatable bonds is 15. The zero-order valence-corrected chi connectivity index (χ0v) is 24.6. The summed E-state index contributed by atoms with van der Waals surface area (Å²) in [6.07, 6.45) is 0.103. The third-order valence-electron chi connectivity index (χ3n) is 6.47. The molecule has 0 aliphatic rings. The van der Waals surface area contributed by atoms with Crippen molar-refractivity contribution in [3.05, 3.63) is 113 Å². The van der Waals surface area contributed by atoms with E-state index in [9.17, 15) is 28.2 Å². The SMILES string of the molecule is CS(=O)(=O)Nc1cc([C@H](O)CNCCOc2ccc(-c3ccc(C(=O)O)cc3C(=O)O)cc2)ccc1OCc1ccccc1. The Morgan fingerprint density at radius 3 is 2.25 bits per heavy atom. The molecule has 0 bridgehead atoms. The largest absolute Gasteiger partial charge is 0.492 e. The molecule has 0 heterocycles. The Morgan fingerprint density at radius 2 is 1.59 bits per heavy atom. The van der Waals surface area contributed by atoms with Gasteiger partial charge in [0.25, 0.3) is 0 Å². The van der Waals surface area contributed by atoms with Crippen LogP contribution in [0, 0.1) is 0 Å². The molecule has 0 saturated heterocycles. The molecule has 11 nitrogen and oxygen atoms in total. The van der Waals surface area contributed by atoms with Crippen molar-refractivity contribution in [1.82, 2.24) is 5.32 Å². The molecule has 4 aromatic rings. The zero-order valence-electron chi connectivity index (χ0n) is 23.8. The van der Waals surface area contributed by atoms with Gasteiger partial charge >= 0.3 is 11.9 Å². The molecular formula is C32H32N2O9S. The minimum absolute atomic E-state index is 0.111. The number of carboxylic acid groups (broad SMARTS) is 2. The van der Waals surface area contributed by atoms with Crippen molar-refractivity contribution in [2.75, 3.05) is 30.7 Å². The number of ether oxygens (including phenoxy) is 2. The average molecular weight is 621 g/mol. The number of carbonyl (C=O) groups is 2. The molecule has 5 N–H and O–H groups in total. The van der Waals surface area contributed by atoms with Crippen LogP contribution in [0.3, 0.4) is 0 Å². The summed E-state index contributed by atoms with van der Waals surface area (Å²) in [5.74, 6) is -1.57. The zero-order chi connectivity index (χ0) is 31.7. The third-order valence-corrected chi connectivity index (χ3v) is 7.06. The van der Waals surface area contributed by atoms with Gasteiger partial charge in [0.2, 0.25) is 10.0 Å². The van der Waals surface area contributed by atoms with Gasteiger partial charge in [0, 0.05) is 13.1 Å². The molecule has 0 aliphatic heterocycles. The van der Waals surface area contributed by atoms with Crippen LogP contribution in [0.5, 0.6) is 11.5 Å². The maximum Gasteiger partial charge on any atom is 0.336 e. The summed E-state index contributed by atoms with van der Waals surface area (Å²) in [5, 5.41) is 32.5. The fraction of sp³-hybridized carbons (Fsp3) is 0.188. The molecule has 0 aliphatic carbocycles. The topological polar surface area (TPSA) is 171 Å². The molecule has 0 unspecified atom stereocenters. The van der Waals surface area contributed by atoms with E-state index >= 15 is 0 Å². The van der Waals surface area contributed by atoms with Crippen molar-refractivity contribution in [3.63, 3.8) is 0 Å². The Kier molecular flexibility index (Phi) is 10.6. The van der Waals surface area contributed by atoms with E-state index in [-0.39, 0.29) is 36.6 Å². The molecule has 44 heavy (non-hydrogen) atoms. The van der Waals surface area contributed by atoms with Crippen LogP contribution in [0.1, 0.15) is 37.9 Å². The number of sulfonamides is 1. The molecule has 1 atom stereocenters. The van der Waals surface area contributed by atoms with Crippen LogP contribution >= 0.6 is 0 Å². The fourth-order valence-electron chi connectivity index (χ4n) is 4.33. The summed E-state index contributed by atoms with van der Waals surface area (Å²) in [4.78, 5) is 22.9. The van der Waals surface area contributed by atoms with Crippen LogP contribution in [0.2, 0.25) is 0 Å². The molecular weight excluding hydrogens is 588 g/mol. The number of aliphatic hydroxyl groups is 1. The van der Waals surface area contributed by atoms with Crippen LogP contribution in [0.4, 0.5) is 5.69 Å². The van der Waals surface area contributed by atoms with Crippen molar-refractivity contribution in [2.45, 2.75) is 12.7 Å². The summed E-state index contributed by atoms with van der Waals surface area (Å²) >= 11 is 0. The van der Waals surface area contributed by atoms with E-state index in [0.29, 0.717) is 34.7 Å². The third kappa shape index (κ3) is 9.04. The van der Waals surface area contributed by atoms with E-state index in [1.807, 2.05) is 30.3 Å². The molecule has 0 saturated carbocycles. The van der Waals surface area contributed by atoms with Gasteiger partial charge in [-0.1, -0.05) is 54.6 Å². The number of aliphatic hydroxyl groups excluding tert-OH is 1. The van der Waals surface area contributed by atoms with Crippen molar-refractivity contribution in [3.8, 4) is 22.6 Å². The van der Waals surface area contributed by atoms with Crippen molar-refractivity contribution >= 4 is 27.6 Å². The molecule has 0 fully saturated rings. The summed E-state index contributed by atoms with van der Waals surface area (Å²) in [7, 11) is -3.60. The van der Waals surface area contributed by atoms with E-state index < -0.39 is 28.1 Å². The van der Waals surface area contributed by atoms with Crippen LogP contribution in [-0.2, 0) is 16.6 Å². The average Bonchev–Trinajstić information content (AvgIpc) is 3.00. The Morgan fingerprint density at radius 1 is 0.864 bits per heavy atom. The highest BCUT2D eigenvalue weighted by molar-refractivity contribution is 7.92. The molecule has 4 aromatic carbocycles. The first-order chi connectivity index (χ1) is 21.0. The minimum Gasteiger partial charge on any atom is -0.492 e. The standard InChI is InChI=1S/C32H32N2O9S/c1-44(40,41)34-28-18-23(10-14-30(28)43-20-21-5-3-2-4-6-21)29(35)19-33-15-16-42-25-11-7-22(8-12-25)26-13-9-24(31(36)37)17-27(26)32(38)39/h2-14,17-18,29,33-35H,15-16,19-20H2,1H3,(H,36,37)(H,38,39)/t29-/m1/s1. The first-order valence-electron chi connectivity index (χ1n) is 13.5. The first kappa shape index (κ1) is 32.0. The highest BCUT2D eigenvalue weighted by atomic mass is 32.2. The second-order valence-corrected chi connectivity index (χ2v) is 11.6. The summed E-state index contributed by atoms with van der Waals surface area (Å²) in [6.45, 7) is 1.09. The normalized spacial score (nSPS) is 11.9. The monoisotopic (exact) mass is 620 g/mol. The lowest BCUT2D eigenvalue weighted by Gasteiger charge is -2.17. The highest BCUT2D eigenvalue weighted by Gasteiger charge is 2.16. The van der Waals surface area contributed by atoms with E-state index in [2.05, 4.69) is 10.0 Å². The van der Waals surface area contributed by atoms with Gasteiger partial charge in [0.1, 0.15) is 24.7 Å². The van der Waals surface area contributed by atoms with E-state index in [1.54, 1.807) is 36.4 Å². The Hall–Kier alpha value is -4.91. The highest BCUT2D eigenvalue weighted by Crippen LogP contribution is 2.30. The van der Waals surface area contributed by atoms with E-state index in [0.717, 1.165) is 17.9 Å². The number of carboxylic acids is 2. The van der Waals surface area contributed by atoms with Gasteiger partial charge < -0.3 is 30.1 Å². The Labute approximate surface area is 254 Å². The predicted molar refractivity (Wildman–Crippen MR) is 165 cm³/mol. The van der Waals surface area contributed by atoms with E-state index in [4.69, 9.17) is 14.6 Å². The van der Waals surface area contributed by atoms with Crippen LogP contribution < -0.4 is 19.5 Å². The van der Waals surface area contributed by atoms with Gasteiger partial charge in [0.15, 0.2) is 0 Å². The number of nitrogens with one attached hydrogen (secondary N) is 2. The second-order valence-electron chi connectivity index (χ2n) is 9.87. The molecule has 0 spiro atoms. The number of anilines is 1. The molecule has 0 amide bonds. The molecule has 12 heteroatoms. The summed E-state index contributed by atoms with van der Waals surface area (Å²) in [5.41, 5.74) is 2.38. The van der Waals surface area contributed by atoms with Crippen LogP contribution in [0.25, 0.3) is 11.1 Å². The smallest absolute Gasteiger partial charge is 0.336 e. The first-order valence-corrected chi connectivity index (χ1v) is 15.4.